The first-order valence-corrected chi connectivity index (χ1v) is 8.84. The number of anilines is 1. The molecule has 2 aromatic carbocycles. The van der Waals surface area contributed by atoms with Crippen LogP contribution in [0.4, 0.5) is 10.5 Å². The van der Waals surface area contributed by atoms with Gasteiger partial charge in [0.15, 0.2) is 0 Å². The van der Waals surface area contributed by atoms with Crippen LogP contribution in [0.25, 0.3) is 0 Å². The third kappa shape index (κ3) is 4.11. The van der Waals surface area contributed by atoms with Gasteiger partial charge in [-0.05, 0) is 48.7 Å². The molecule has 3 amide bonds. The van der Waals surface area contributed by atoms with Crippen LogP contribution in [0, 0.1) is 0 Å². The SMILES string of the molecule is CCc1ccc([C@@H]2NC(=O)NC(C)=C2C(=O)Nc2ccc(OC)cc2)cc1. The summed E-state index contributed by atoms with van der Waals surface area (Å²) in [5, 5.41) is 8.42. The molecule has 0 aromatic heterocycles. The molecule has 2 aromatic rings. The van der Waals surface area contributed by atoms with E-state index in [9.17, 15) is 9.59 Å². The van der Waals surface area contributed by atoms with Crippen molar-refractivity contribution in [2.24, 2.45) is 0 Å². The maximum absolute atomic E-state index is 13.0. The van der Waals surface area contributed by atoms with Crippen molar-refractivity contribution < 1.29 is 14.3 Å². The van der Waals surface area contributed by atoms with Crippen LogP contribution in [0.2, 0.25) is 0 Å². The zero-order valence-corrected chi connectivity index (χ0v) is 15.6. The fourth-order valence-corrected chi connectivity index (χ4v) is 3.06. The van der Waals surface area contributed by atoms with Crippen LogP contribution in [0.3, 0.4) is 0 Å². The lowest BCUT2D eigenvalue weighted by Crippen LogP contribution is -2.45. The minimum Gasteiger partial charge on any atom is -0.497 e. The summed E-state index contributed by atoms with van der Waals surface area (Å²) in [6.07, 6.45) is 0.929. The van der Waals surface area contributed by atoms with E-state index in [2.05, 4.69) is 22.9 Å². The maximum Gasteiger partial charge on any atom is 0.319 e. The molecule has 0 saturated carbocycles. The van der Waals surface area contributed by atoms with Crippen molar-refractivity contribution in [3.63, 3.8) is 0 Å². The molecule has 0 aliphatic carbocycles. The molecule has 0 unspecified atom stereocenters. The number of carbonyl (C=O) groups excluding carboxylic acids is 2. The number of aryl methyl sites for hydroxylation is 1. The van der Waals surface area contributed by atoms with Gasteiger partial charge < -0.3 is 20.7 Å². The summed E-state index contributed by atoms with van der Waals surface area (Å²) in [6.45, 7) is 3.81. The summed E-state index contributed by atoms with van der Waals surface area (Å²) in [5.74, 6) is 0.443. The molecule has 1 aliphatic heterocycles. The Morgan fingerprint density at radius 1 is 1.11 bits per heavy atom. The van der Waals surface area contributed by atoms with Gasteiger partial charge in [0.25, 0.3) is 5.91 Å². The number of amides is 3. The number of hydrogen-bond donors (Lipinski definition) is 3. The number of urea groups is 1. The van der Waals surface area contributed by atoms with Gasteiger partial charge in [-0.25, -0.2) is 4.79 Å². The van der Waals surface area contributed by atoms with Crippen molar-refractivity contribution in [2.45, 2.75) is 26.3 Å². The van der Waals surface area contributed by atoms with E-state index in [1.54, 1.807) is 38.3 Å². The molecule has 1 aliphatic rings. The van der Waals surface area contributed by atoms with Crippen LogP contribution < -0.4 is 20.7 Å². The fourth-order valence-electron chi connectivity index (χ4n) is 3.06. The summed E-state index contributed by atoms with van der Waals surface area (Å²) in [5.41, 5.74) is 3.73. The second-order valence-electron chi connectivity index (χ2n) is 6.35. The molecule has 0 bridgehead atoms. The number of ether oxygens (including phenoxy) is 1. The molecule has 6 nitrogen and oxygen atoms in total. The van der Waals surface area contributed by atoms with Gasteiger partial charge in [0, 0.05) is 11.4 Å². The number of rotatable bonds is 5. The average Bonchev–Trinajstić information content (AvgIpc) is 2.68. The van der Waals surface area contributed by atoms with E-state index in [1.807, 2.05) is 24.3 Å². The number of methoxy groups -OCH3 is 1. The van der Waals surface area contributed by atoms with Gasteiger partial charge in [0.05, 0.1) is 18.7 Å². The third-order valence-corrected chi connectivity index (χ3v) is 4.58. The number of hydrogen-bond acceptors (Lipinski definition) is 3. The highest BCUT2D eigenvalue weighted by Crippen LogP contribution is 2.28. The normalized spacial score (nSPS) is 16.4. The standard InChI is InChI=1S/C21H23N3O3/c1-4-14-5-7-15(8-6-14)19-18(13(2)22-21(26)24-19)20(25)23-16-9-11-17(27-3)12-10-16/h5-12,19H,4H2,1-3H3,(H,23,25)(H2,22,24,26)/t19-/m0/s1. The van der Waals surface area contributed by atoms with Gasteiger partial charge in [0.2, 0.25) is 0 Å². The molecular formula is C21H23N3O3. The van der Waals surface area contributed by atoms with E-state index in [0.29, 0.717) is 22.7 Å². The molecule has 6 heteroatoms. The molecule has 3 N–H and O–H groups in total. The monoisotopic (exact) mass is 365 g/mol. The van der Waals surface area contributed by atoms with Crippen LogP contribution in [0.1, 0.15) is 31.0 Å². The van der Waals surface area contributed by atoms with Crippen molar-refractivity contribution in [3.05, 3.63) is 70.9 Å². The van der Waals surface area contributed by atoms with Gasteiger partial charge in [0.1, 0.15) is 5.75 Å². The summed E-state index contributed by atoms with van der Waals surface area (Å²) < 4.78 is 5.13. The van der Waals surface area contributed by atoms with Crippen molar-refractivity contribution in [1.29, 1.82) is 0 Å². The Bertz CT molecular complexity index is 871. The number of allylic oxidation sites excluding steroid dienone is 1. The van der Waals surface area contributed by atoms with Crippen LogP contribution in [0.15, 0.2) is 59.8 Å². The second-order valence-corrected chi connectivity index (χ2v) is 6.35. The smallest absolute Gasteiger partial charge is 0.319 e. The minimum absolute atomic E-state index is 0.269. The topological polar surface area (TPSA) is 79.5 Å². The molecule has 1 atom stereocenters. The molecule has 3 rings (SSSR count). The van der Waals surface area contributed by atoms with E-state index in [0.717, 1.165) is 12.0 Å². The minimum atomic E-state index is -0.511. The van der Waals surface area contributed by atoms with E-state index in [-0.39, 0.29) is 11.9 Å². The second kappa shape index (κ2) is 7.95. The van der Waals surface area contributed by atoms with Crippen LogP contribution in [-0.2, 0) is 11.2 Å². The lowest BCUT2D eigenvalue weighted by molar-refractivity contribution is -0.113. The Kier molecular flexibility index (Phi) is 5.45. The highest BCUT2D eigenvalue weighted by molar-refractivity contribution is 6.06. The quantitative estimate of drug-likeness (QED) is 0.758. The van der Waals surface area contributed by atoms with E-state index >= 15 is 0 Å². The molecular weight excluding hydrogens is 342 g/mol. The Morgan fingerprint density at radius 2 is 1.78 bits per heavy atom. The van der Waals surface area contributed by atoms with Gasteiger partial charge in [-0.3, -0.25) is 4.79 Å². The molecule has 1 heterocycles. The predicted molar refractivity (Wildman–Crippen MR) is 105 cm³/mol. The first kappa shape index (κ1) is 18.5. The lowest BCUT2D eigenvalue weighted by Gasteiger charge is -2.28. The number of benzene rings is 2. The Morgan fingerprint density at radius 3 is 2.37 bits per heavy atom. The summed E-state index contributed by atoms with van der Waals surface area (Å²) in [7, 11) is 1.59. The molecule has 27 heavy (non-hydrogen) atoms. The van der Waals surface area contributed by atoms with Gasteiger partial charge in [-0.1, -0.05) is 31.2 Å². The highest BCUT2D eigenvalue weighted by Gasteiger charge is 2.31. The fraction of sp³-hybridized carbons (Fsp3) is 0.238. The lowest BCUT2D eigenvalue weighted by atomic mass is 9.94. The first-order chi connectivity index (χ1) is 13.0. The summed E-state index contributed by atoms with van der Waals surface area (Å²) >= 11 is 0. The Hall–Kier alpha value is -3.28. The van der Waals surface area contributed by atoms with Crippen molar-refractivity contribution >= 4 is 17.6 Å². The van der Waals surface area contributed by atoms with Crippen LogP contribution in [-0.4, -0.2) is 19.0 Å². The van der Waals surface area contributed by atoms with Gasteiger partial charge in [-0.2, -0.15) is 0 Å². The Balaban J connectivity index is 1.88. The predicted octanol–water partition coefficient (Wildman–Crippen LogP) is 3.52. The molecule has 0 radical (unpaired) electrons. The Labute approximate surface area is 158 Å². The molecule has 0 spiro atoms. The van der Waals surface area contributed by atoms with Gasteiger partial charge in [-0.15, -0.1) is 0 Å². The number of carbonyl (C=O) groups is 2. The average molecular weight is 365 g/mol. The largest absolute Gasteiger partial charge is 0.497 e. The number of nitrogens with one attached hydrogen (secondary N) is 3. The third-order valence-electron chi connectivity index (χ3n) is 4.58. The van der Waals surface area contributed by atoms with E-state index in [4.69, 9.17) is 4.74 Å². The van der Waals surface area contributed by atoms with Crippen molar-refractivity contribution in [3.8, 4) is 5.75 Å². The summed E-state index contributed by atoms with van der Waals surface area (Å²) in [6, 6.07) is 14.2. The zero-order chi connectivity index (χ0) is 19.4. The molecule has 0 fully saturated rings. The first-order valence-electron chi connectivity index (χ1n) is 8.84. The van der Waals surface area contributed by atoms with Crippen LogP contribution in [0.5, 0.6) is 5.75 Å². The van der Waals surface area contributed by atoms with Crippen molar-refractivity contribution in [1.82, 2.24) is 10.6 Å². The zero-order valence-electron chi connectivity index (χ0n) is 15.6. The van der Waals surface area contributed by atoms with E-state index in [1.165, 1.54) is 5.56 Å². The molecule has 140 valence electrons. The maximum atomic E-state index is 13.0. The van der Waals surface area contributed by atoms with E-state index < -0.39 is 6.04 Å². The highest BCUT2D eigenvalue weighted by atomic mass is 16.5. The molecule has 0 saturated heterocycles. The van der Waals surface area contributed by atoms with Gasteiger partial charge >= 0.3 is 6.03 Å². The van der Waals surface area contributed by atoms with Crippen molar-refractivity contribution in [2.75, 3.05) is 12.4 Å². The summed E-state index contributed by atoms with van der Waals surface area (Å²) in [4.78, 5) is 24.9. The van der Waals surface area contributed by atoms with Crippen LogP contribution >= 0.6 is 0 Å².